The van der Waals surface area contributed by atoms with Crippen molar-refractivity contribution >= 4 is 44.9 Å². The SMILES string of the molecule is CS(=O)(=O)Nc1ccc(/C=C/C(=O)Nc2ccc(-c3csnn3)cc2)cc1. The maximum Gasteiger partial charge on any atom is 0.248 e. The van der Waals surface area contributed by atoms with E-state index in [1.54, 1.807) is 42.5 Å². The van der Waals surface area contributed by atoms with Crippen LogP contribution in [-0.2, 0) is 14.8 Å². The molecular weight excluding hydrogens is 384 g/mol. The molecule has 0 saturated heterocycles. The van der Waals surface area contributed by atoms with Gasteiger partial charge in [0, 0.05) is 28.4 Å². The van der Waals surface area contributed by atoms with Gasteiger partial charge in [0.2, 0.25) is 15.9 Å². The molecule has 138 valence electrons. The molecule has 2 N–H and O–H groups in total. The molecule has 1 amide bonds. The topological polar surface area (TPSA) is 101 Å². The summed E-state index contributed by atoms with van der Waals surface area (Å²) in [6.45, 7) is 0. The Morgan fingerprint density at radius 1 is 1.04 bits per heavy atom. The average Bonchev–Trinajstić information content (AvgIpc) is 3.15. The molecule has 3 aromatic rings. The molecule has 9 heteroatoms. The Morgan fingerprint density at radius 2 is 1.70 bits per heavy atom. The third kappa shape index (κ3) is 5.73. The number of benzene rings is 2. The first kappa shape index (κ1) is 18.7. The lowest BCUT2D eigenvalue weighted by atomic mass is 10.1. The van der Waals surface area contributed by atoms with Gasteiger partial charge in [0.05, 0.1) is 6.26 Å². The highest BCUT2D eigenvalue weighted by Gasteiger charge is 2.03. The Bertz CT molecular complexity index is 1040. The molecule has 27 heavy (non-hydrogen) atoms. The predicted octanol–water partition coefficient (Wildman–Crippen LogP) is 3.23. The largest absolute Gasteiger partial charge is 0.323 e. The molecule has 0 radical (unpaired) electrons. The molecule has 0 unspecified atom stereocenters. The van der Waals surface area contributed by atoms with Crippen LogP contribution in [0.2, 0.25) is 0 Å². The molecule has 0 spiro atoms. The molecule has 0 aliphatic carbocycles. The van der Waals surface area contributed by atoms with E-state index in [4.69, 9.17) is 0 Å². The Kier molecular flexibility index (Phi) is 5.63. The second kappa shape index (κ2) is 8.11. The van der Waals surface area contributed by atoms with Crippen molar-refractivity contribution in [1.82, 2.24) is 9.59 Å². The second-order valence-corrected chi connectivity index (χ2v) is 8.04. The summed E-state index contributed by atoms with van der Waals surface area (Å²) in [6.07, 6.45) is 4.15. The molecule has 1 aromatic heterocycles. The van der Waals surface area contributed by atoms with E-state index in [-0.39, 0.29) is 5.91 Å². The molecule has 3 rings (SSSR count). The average molecular weight is 400 g/mol. The van der Waals surface area contributed by atoms with Crippen LogP contribution in [-0.4, -0.2) is 30.2 Å². The molecule has 0 saturated carbocycles. The van der Waals surface area contributed by atoms with Gasteiger partial charge in [-0.1, -0.05) is 28.8 Å². The van der Waals surface area contributed by atoms with Crippen molar-refractivity contribution < 1.29 is 13.2 Å². The maximum absolute atomic E-state index is 12.0. The van der Waals surface area contributed by atoms with E-state index in [2.05, 4.69) is 19.6 Å². The van der Waals surface area contributed by atoms with Gasteiger partial charge < -0.3 is 5.32 Å². The minimum absolute atomic E-state index is 0.267. The van der Waals surface area contributed by atoms with E-state index in [0.29, 0.717) is 11.4 Å². The number of rotatable bonds is 6. The summed E-state index contributed by atoms with van der Waals surface area (Å²) >= 11 is 1.28. The van der Waals surface area contributed by atoms with Crippen molar-refractivity contribution in [2.45, 2.75) is 0 Å². The van der Waals surface area contributed by atoms with Crippen molar-refractivity contribution in [3.63, 3.8) is 0 Å². The number of sulfonamides is 1. The molecule has 0 atom stereocenters. The highest BCUT2D eigenvalue weighted by Crippen LogP contribution is 2.20. The van der Waals surface area contributed by atoms with E-state index in [1.807, 2.05) is 17.5 Å². The zero-order valence-electron chi connectivity index (χ0n) is 14.3. The van der Waals surface area contributed by atoms with Gasteiger partial charge in [0.25, 0.3) is 0 Å². The third-order valence-electron chi connectivity index (χ3n) is 3.45. The Labute approximate surface area is 161 Å². The smallest absolute Gasteiger partial charge is 0.248 e. The molecule has 0 fully saturated rings. The van der Waals surface area contributed by atoms with Gasteiger partial charge in [0.1, 0.15) is 5.69 Å². The van der Waals surface area contributed by atoms with Crippen LogP contribution >= 0.6 is 11.5 Å². The van der Waals surface area contributed by atoms with Crippen molar-refractivity contribution in [1.29, 1.82) is 0 Å². The second-order valence-electron chi connectivity index (χ2n) is 5.69. The van der Waals surface area contributed by atoms with Gasteiger partial charge in [-0.15, -0.1) is 5.10 Å². The lowest BCUT2D eigenvalue weighted by Crippen LogP contribution is -2.09. The maximum atomic E-state index is 12.0. The summed E-state index contributed by atoms with van der Waals surface area (Å²) in [7, 11) is -3.31. The number of carbonyl (C=O) groups excluding carboxylic acids is 1. The standard InChI is InChI=1S/C18H16N4O3S2/c1-27(24,25)21-16-7-2-13(3-8-16)4-11-18(23)19-15-9-5-14(6-10-15)17-12-26-22-20-17/h2-12,21H,1H3,(H,19,23)/b11-4+. The summed E-state index contributed by atoms with van der Waals surface area (Å²) in [5, 5.41) is 8.63. The zero-order valence-corrected chi connectivity index (χ0v) is 15.9. The molecule has 0 aliphatic heterocycles. The van der Waals surface area contributed by atoms with Gasteiger partial charge >= 0.3 is 0 Å². The van der Waals surface area contributed by atoms with Gasteiger partial charge in [-0.2, -0.15) is 0 Å². The fourth-order valence-corrected chi connectivity index (χ4v) is 3.28. The summed E-state index contributed by atoms with van der Waals surface area (Å²) in [6, 6.07) is 14.0. The van der Waals surface area contributed by atoms with Crippen LogP contribution in [0, 0.1) is 0 Å². The first-order chi connectivity index (χ1) is 12.9. The Balaban J connectivity index is 1.58. The molecular formula is C18H16N4O3S2. The minimum atomic E-state index is -3.31. The molecule has 7 nitrogen and oxygen atoms in total. The molecule has 0 bridgehead atoms. The van der Waals surface area contributed by atoms with Gasteiger partial charge in [0.15, 0.2) is 0 Å². The van der Waals surface area contributed by atoms with Crippen LogP contribution in [0.4, 0.5) is 11.4 Å². The number of amides is 1. The monoisotopic (exact) mass is 400 g/mol. The van der Waals surface area contributed by atoms with Crippen LogP contribution in [0.15, 0.2) is 60.0 Å². The number of nitrogens with zero attached hydrogens (tertiary/aromatic N) is 2. The number of carbonyl (C=O) groups is 1. The lowest BCUT2D eigenvalue weighted by Gasteiger charge is -2.04. The summed E-state index contributed by atoms with van der Waals surface area (Å²) < 4.78 is 28.6. The number of aromatic nitrogens is 2. The van der Waals surface area contributed by atoms with Crippen LogP contribution in [0.25, 0.3) is 17.3 Å². The van der Waals surface area contributed by atoms with Gasteiger partial charge in [-0.05, 0) is 47.4 Å². The quantitative estimate of drug-likeness (QED) is 0.619. The summed E-state index contributed by atoms with van der Waals surface area (Å²) in [4.78, 5) is 12.0. The van der Waals surface area contributed by atoms with Crippen molar-refractivity contribution in [2.24, 2.45) is 0 Å². The van der Waals surface area contributed by atoms with Crippen molar-refractivity contribution in [3.8, 4) is 11.3 Å². The van der Waals surface area contributed by atoms with Crippen LogP contribution in [0.5, 0.6) is 0 Å². The number of anilines is 2. The third-order valence-corrected chi connectivity index (χ3v) is 4.56. The van der Waals surface area contributed by atoms with E-state index >= 15 is 0 Å². The normalized spacial score (nSPS) is 11.4. The highest BCUT2D eigenvalue weighted by atomic mass is 32.2. The fraction of sp³-hybridized carbons (Fsp3) is 0.0556. The van der Waals surface area contributed by atoms with Crippen LogP contribution in [0.3, 0.4) is 0 Å². The van der Waals surface area contributed by atoms with Gasteiger partial charge in [-0.3, -0.25) is 9.52 Å². The Hall–Kier alpha value is -3.04. The van der Waals surface area contributed by atoms with Crippen molar-refractivity contribution in [3.05, 3.63) is 65.6 Å². The first-order valence-corrected chi connectivity index (χ1v) is 10.6. The number of nitrogens with one attached hydrogen (secondary N) is 2. The lowest BCUT2D eigenvalue weighted by molar-refractivity contribution is -0.111. The first-order valence-electron chi connectivity index (χ1n) is 7.83. The Morgan fingerprint density at radius 3 is 2.30 bits per heavy atom. The summed E-state index contributed by atoms with van der Waals surface area (Å²) in [5.74, 6) is -0.267. The highest BCUT2D eigenvalue weighted by molar-refractivity contribution is 7.92. The molecule has 0 aliphatic rings. The summed E-state index contributed by atoms with van der Waals surface area (Å²) in [5.41, 5.74) is 3.64. The van der Waals surface area contributed by atoms with E-state index < -0.39 is 10.0 Å². The zero-order chi connectivity index (χ0) is 19.3. The molecule has 2 aromatic carbocycles. The fourth-order valence-electron chi connectivity index (χ4n) is 2.25. The minimum Gasteiger partial charge on any atom is -0.323 e. The van der Waals surface area contributed by atoms with E-state index in [9.17, 15) is 13.2 Å². The van der Waals surface area contributed by atoms with Gasteiger partial charge in [-0.25, -0.2) is 8.42 Å². The van der Waals surface area contributed by atoms with Crippen LogP contribution < -0.4 is 10.0 Å². The van der Waals surface area contributed by atoms with Crippen LogP contribution in [0.1, 0.15) is 5.56 Å². The molecule has 1 heterocycles. The predicted molar refractivity (Wildman–Crippen MR) is 108 cm³/mol. The van der Waals surface area contributed by atoms with E-state index in [0.717, 1.165) is 23.1 Å². The number of hydrogen-bond acceptors (Lipinski definition) is 6. The number of hydrogen-bond donors (Lipinski definition) is 2. The van der Waals surface area contributed by atoms with Crippen molar-refractivity contribution in [2.75, 3.05) is 16.3 Å². The van der Waals surface area contributed by atoms with E-state index in [1.165, 1.54) is 17.6 Å².